The Kier molecular flexibility index (Phi) is 16.9. The number of hydrogen-bond donors (Lipinski definition) is 0. The van der Waals surface area contributed by atoms with E-state index in [2.05, 4.69) is 23.6 Å². The molecule has 44 heavy (non-hydrogen) atoms. The van der Waals surface area contributed by atoms with Gasteiger partial charge in [-0.2, -0.15) is 0 Å². The number of aromatic nitrogens is 1. The number of benzene rings is 2. The Morgan fingerprint density at radius 3 is 1.64 bits per heavy atom. The highest BCUT2D eigenvalue weighted by Crippen LogP contribution is 2.37. The maximum absolute atomic E-state index is 14.0. The fourth-order valence-electron chi connectivity index (χ4n) is 6.21. The number of ether oxygens (including phenoxy) is 3. The summed E-state index contributed by atoms with van der Waals surface area (Å²) in [6.45, 7) is 10.4. The molecule has 3 aromatic rings. The maximum Gasteiger partial charge on any atom is 0.235 e. The predicted octanol–water partition coefficient (Wildman–Crippen LogP) is 11.1. The second kappa shape index (κ2) is 20.9. The van der Waals surface area contributed by atoms with Crippen molar-refractivity contribution in [3.8, 4) is 28.5 Å². The standard InChI is InChI=1S/C39H59NO4/c1-5-9-10-11-12-13-14-15-16-17-18-19-20-21-22-26-29-40-34-30-33(42-6-2)31-35(43-7-3)36(34)38(41)39(44-8-4)37(40)32-27-24-23-25-28-32/h23-25,27-28,30-31H,5-22,26,29H2,1-4H3. The average molecular weight is 606 g/mol. The third kappa shape index (κ3) is 10.9. The Morgan fingerprint density at radius 2 is 1.11 bits per heavy atom. The Balaban J connectivity index is 1.65. The highest BCUT2D eigenvalue weighted by molar-refractivity contribution is 5.91. The largest absolute Gasteiger partial charge is 0.494 e. The van der Waals surface area contributed by atoms with Gasteiger partial charge in [-0.1, -0.05) is 134 Å². The molecule has 0 bridgehead atoms. The van der Waals surface area contributed by atoms with Crippen LogP contribution in [-0.2, 0) is 6.54 Å². The van der Waals surface area contributed by atoms with E-state index in [-0.39, 0.29) is 5.43 Å². The first-order valence-corrected chi connectivity index (χ1v) is 17.8. The number of aryl methyl sites for hydroxylation is 1. The zero-order valence-electron chi connectivity index (χ0n) is 28.3. The zero-order valence-corrected chi connectivity index (χ0v) is 28.3. The van der Waals surface area contributed by atoms with Gasteiger partial charge in [0.05, 0.1) is 36.4 Å². The number of hydrogen-bond acceptors (Lipinski definition) is 4. The van der Waals surface area contributed by atoms with Gasteiger partial charge in [-0.25, -0.2) is 0 Å². The average Bonchev–Trinajstić information content (AvgIpc) is 3.03. The fourth-order valence-corrected chi connectivity index (χ4v) is 6.21. The molecule has 0 aliphatic rings. The van der Waals surface area contributed by atoms with Crippen LogP contribution in [0.2, 0.25) is 0 Å². The van der Waals surface area contributed by atoms with Crippen LogP contribution in [0.25, 0.3) is 22.2 Å². The van der Waals surface area contributed by atoms with Crippen LogP contribution in [0, 0.1) is 0 Å². The lowest BCUT2D eigenvalue weighted by Crippen LogP contribution is -2.18. The molecular weight excluding hydrogens is 546 g/mol. The molecule has 1 aromatic heterocycles. The minimum atomic E-state index is -0.129. The summed E-state index contributed by atoms with van der Waals surface area (Å²) in [5.41, 5.74) is 2.52. The van der Waals surface area contributed by atoms with Crippen LogP contribution in [0.15, 0.2) is 47.3 Å². The van der Waals surface area contributed by atoms with Crippen molar-refractivity contribution < 1.29 is 14.2 Å². The van der Waals surface area contributed by atoms with Gasteiger partial charge in [0.1, 0.15) is 11.5 Å². The van der Waals surface area contributed by atoms with Crippen molar-refractivity contribution >= 4 is 10.9 Å². The van der Waals surface area contributed by atoms with Crippen molar-refractivity contribution in [3.05, 3.63) is 52.7 Å². The van der Waals surface area contributed by atoms with Gasteiger partial charge < -0.3 is 18.8 Å². The van der Waals surface area contributed by atoms with Crippen molar-refractivity contribution in [3.63, 3.8) is 0 Å². The SMILES string of the molecule is CCCCCCCCCCCCCCCCCCn1c(-c2ccccc2)c(OCC)c(=O)c2c(OCC)cc(OCC)cc21. The van der Waals surface area contributed by atoms with E-state index in [1.54, 1.807) is 0 Å². The van der Waals surface area contributed by atoms with Gasteiger partial charge in [0.15, 0.2) is 5.75 Å². The highest BCUT2D eigenvalue weighted by atomic mass is 16.5. The molecule has 0 saturated carbocycles. The molecule has 0 saturated heterocycles. The second-order valence-electron chi connectivity index (χ2n) is 11.9. The van der Waals surface area contributed by atoms with Crippen LogP contribution in [0.3, 0.4) is 0 Å². The van der Waals surface area contributed by atoms with E-state index in [1.165, 1.54) is 89.9 Å². The van der Waals surface area contributed by atoms with E-state index in [9.17, 15) is 4.79 Å². The molecule has 5 nitrogen and oxygen atoms in total. The molecule has 0 fully saturated rings. The first-order chi connectivity index (χ1) is 21.7. The second-order valence-corrected chi connectivity index (χ2v) is 11.9. The quantitative estimate of drug-likeness (QED) is 0.0953. The first kappa shape index (κ1) is 35.5. The van der Waals surface area contributed by atoms with Crippen LogP contribution in [0.1, 0.15) is 130 Å². The van der Waals surface area contributed by atoms with Crippen molar-refractivity contribution in [1.82, 2.24) is 4.57 Å². The molecule has 0 spiro atoms. The fraction of sp³-hybridized carbons (Fsp3) is 0.615. The number of fused-ring (bicyclic) bond motifs is 1. The molecule has 1 heterocycles. The van der Waals surface area contributed by atoms with Crippen LogP contribution < -0.4 is 19.6 Å². The van der Waals surface area contributed by atoms with E-state index in [1.807, 2.05) is 51.1 Å². The maximum atomic E-state index is 14.0. The lowest BCUT2D eigenvalue weighted by atomic mass is 10.0. The van der Waals surface area contributed by atoms with Gasteiger partial charge in [-0.3, -0.25) is 4.79 Å². The highest BCUT2D eigenvalue weighted by Gasteiger charge is 2.23. The minimum Gasteiger partial charge on any atom is -0.494 e. The van der Waals surface area contributed by atoms with Gasteiger partial charge >= 0.3 is 0 Å². The summed E-state index contributed by atoms with van der Waals surface area (Å²) < 4.78 is 20.3. The van der Waals surface area contributed by atoms with Crippen LogP contribution in [-0.4, -0.2) is 24.4 Å². The van der Waals surface area contributed by atoms with Crippen molar-refractivity contribution in [2.45, 2.75) is 137 Å². The molecule has 3 rings (SSSR count). The summed E-state index contributed by atoms with van der Waals surface area (Å²) in [6.07, 6.45) is 21.4. The normalized spacial score (nSPS) is 11.3. The third-order valence-corrected chi connectivity index (χ3v) is 8.45. The summed E-state index contributed by atoms with van der Waals surface area (Å²) in [5, 5.41) is 0.565. The summed E-state index contributed by atoms with van der Waals surface area (Å²) in [6, 6.07) is 14.0. The van der Waals surface area contributed by atoms with Gasteiger partial charge in [-0.15, -0.1) is 0 Å². The predicted molar refractivity (Wildman–Crippen MR) is 187 cm³/mol. The summed E-state index contributed by atoms with van der Waals surface area (Å²) >= 11 is 0. The molecule has 2 aromatic carbocycles. The lowest BCUT2D eigenvalue weighted by Gasteiger charge is -2.22. The van der Waals surface area contributed by atoms with Crippen LogP contribution in [0.5, 0.6) is 17.2 Å². The Bertz CT molecular complexity index is 1270. The molecule has 244 valence electrons. The van der Waals surface area contributed by atoms with E-state index in [0.29, 0.717) is 42.5 Å². The van der Waals surface area contributed by atoms with Crippen molar-refractivity contribution in [2.24, 2.45) is 0 Å². The molecule has 0 aliphatic heterocycles. The van der Waals surface area contributed by atoms with Gasteiger partial charge in [0.25, 0.3) is 0 Å². The van der Waals surface area contributed by atoms with Gasteiger partial charge in [-0.05, 0) is 27.2 Å². The zero-order chi connectivity index (χ0) is 31.4. The number of nitrogens with zero attached hydrogens (tertiary/aromatic N) is 1. The Labute approximate surface area is 267 Å². The molecule has 0 atom stereocenters. The number of unbranched alkanes of at least 4 members (excludes halogenated alkanes) is 15. The Morgan fingerprint density at radius 1 is 0.591 bits per heavy atom. The molecule has 5 heteroatoms. The molecule has 0 N–H and O–H groups in total. The molecule has 0 radical (unpaired) electrons. The summed E-state index contributed by atoms with van der Waals surface area (Å²) in [5.74, 6) is 1.67. The minimum absolute atomic E-state index is 0.129. The van der Waals surface area contributed by atoms with Crippen molar-refractivity contribution in [1.29, 1.82) is 0 Å². The number of rotatable bonds is 24. The molecular formula is C39H59NO4. The molecule has 0 aliphatic carbocycles. The monoisotopic (exact) mass is 605 g/mol. The van der Waals surface area contributed by atoms with Gasteiger partial charge in [0.2, 0.25) is 5.43 Å². The Hall–Kier alpha value is -2.95. The van der Waals surface area contributed by atoms with Crippen LogP contribution in [0.4, 0.5) is 0 Å². The van der Waals surface area contributed by atoms with E-state index in [4.69, 9.17) is 14.2 Å². The van der Waals surface area contributed by atoms with E-state index < -0.39 is 0 Å². The molecule has 0 unspecified atom stereocenters. The third-order valence-electron chi connectivity index (χ3n) is 8.45. The van der Waals surface area contributed by atoms with Crippen molar-refractivity contribution in [2.75, 3.05) is 19.8 Å². The molecule has 0 amide bonds. The van der Waals surface area contributed by atoms with E-state index in [0.717, 1.165) is 36.2 Å². The van der Waals surface area contributed by atoms with Crippen LogP contribution >= 0.6 is 0 Å². The smallest absolute Gasteiger partial charge is 0.235 e. The summed E-state index contributed by atoms with van der Waals surface area (Å²) in [7, 11) is 0. The topological polar surface area (TPSA) is 49.7 Å². The number of pyridine rings is 1. The first-order valence-electron chi connectivity index (χ1n) is 17.8. The van der Waals surface area contributed by atoms with Gasteiger partial charge in [0, 0.05) is 24.2 Å². The lowest BCUT2D eigenvalue weighted by molar-refractivity contribution is 0.324. The van der Waals surface area contributed by atoms with E-state index >= 15 is 0 Å². The summed E-state index contributed by atoms with van der Waals surface area (Å²) in [4.78, 5) is 14.0.